The monoisotopic (exact) mass is 383 g/mol. The van der Waals surface area contributed by atoms with Crippen molar-refractivity contribution < 1.29 is 4.79 Å². The van der Waals surface area contributed by atoms with Crippen molar-refractivity contribution in [1.29, 1.82) is 0 Å². The average molecular weight is 384 g/mol. The number of benzene rings is 1. The number of halogens is 2. The summed E-state index contributed by atoms with van der Waals surface area (Å²) in [5.41, 5.74) is 0.0480. The summed E-state index contributed by atoms with van der Waals surface area (Å²) in [4.78, 5) is 28.9. The number of hydrogen-bond donors (Lipinski definition) is 1. The van der Waals surface area contributed by atoms with E-state index in [2.05, 4.69) is 24.1 Å². The van der Waals surface area contributed by atoms with E-state index in [0.717, 1.165) is 19.3 Å². The summed E-state index contributed by atoms with van der Waals surface area (Å²) in [6, 6.07) is 3.12. The van der Waals surface area contributed by atoms with Gasteiger partial charge in [-0.05, 0) is 31.4 Å². The molecule has 136 valence electrons. The molecule has 2 rings (SSSR count). The molecule has 5 nitrogen and oxygen atoms in total. The minimum Gasteiger partial charge on any atom is -0.352 e. The van der Waals surface area contributed by atoms with Crippen LogP contribution in [-0.4, -0.2) is 21.5 Å². The Hall–Kier alpha value is -1.59. The summed E-state index contributed by atoms with van der Waals surface area (Å²) < 4.78 is 1.27. The summed E-state index contributed by atoms with van der Waals surface area (Å²) in [7, 11) is 0. The van der Waals surface area contributed by atoms with Gasteiger partial charge in [0.2, 0.25) is 5.91 Å². The van der Waals surface area contributed by atoms with Crippen molar-refractivity contribution in [1.82, 2.24) is 14.9 Å². The average Bonchev–Trinajstić information content (AvgIpc) is 2.50. The Morgan fingerprint density at radius 3 is 2.64 bits per heavy atom. The molecule has 0 saturated carbocycles. The van der Waals surface area contributed by atoms with Crippen LogP contribution in [0.25, 0.3) is 10.9 Å². The van der Waals surface area contributed by atoms with Gasteiger partial charge in [-0.15, -0.1) is 0 Å². The van der Waals surface area contributed by atoms with Gasteiger partial charge in [0.05, 0.1) is 22.3 Å². The number of aromatic nitrogens is 2. The maximum atomic E-state index is 12.5. The van der Waals surface area contributed by atoms with Crippen LogP contribution in [-0.2, 0) is 11.3 Å². The number of carbonyl (C=O) groups is 1. The van der Waals surface area contributed by atoms with Gasteiger partial charge in [0.15, 0.2) is 0 Å². The SMILES string of the molecule is CC(C)CCCC(C)NC(=O)Cn1cnc2c(Cl)cc(Cl)cc2c1=O. The van der Waals surface area contributed by atoms with Crippen molar-refractivity contribution in [3.8, 4) is 0 Å². The normalized spacial score (nSPS) is 12.6. The van der Waals surface area contributed by atoms with E-state index in [-0.39, 0.29) is 24.1 Å². The second-order valence-electron chi connectivity index (χ2n) is 6.75. The fourth-order valence-corrected chi connectivity index (χ4v) is 3.23. The lowest BCUT2D eigenvalue weighted by Gasteiger charge is -2.15. The molecule has 1 amide bonds. The van der Waals surface area contributed by atoms with Crippen molar-refractivity contribution in [2.45, 2.75) is 52.6 Å². The molecule has 0 spiro atoms. The lowest BCUT2D eigenvalue weighted by molar-refractivity contribution is -0.122. The van der Waals surface area contributed by atoms with Gasteiger partial charge in [-0.2, -0.15) is 0 Å². The van der Waals surface area contributed by atoms with E-state index >= 15 is 0 Å². The molecule has 1 aromatic heterocycles. The minimum absolute atomic E-state index is 0.0688. The molecule has 7 heteroatoms. The second kappa shape index (κ2) is 8.68. The molecule has 1 atom stereocenters. The molecule has 1 N–H and O–H groups in total. The quantitative estimate of drug-likeness (QED) is 0.784. The molecular weight excluding hydrogens is 361 g/mol. The van der Waals surface area contributed by atoms with Crippen molar-refractivity contribution >= 4 is 40.0 Å². The zero-order valence-electron chi connectivity index (χ0n) is 14.7. The maximum absolute atomic E-state index is 12.5. The van der Waals surface area contributed by atoms with E-state index in [0.29, 0.717) is 26.9 Å². The summed E-state index contributed by atoms with van der Waals surface area (Å²) in [6.45, 7) is 6.25. The minimum atomic E-state index is -0.336. The van der Waals surface area contributed by atoms with Crippen LogP contribution in [0.4, 0.5) is 0 Å². The van der Waals surface area contributed by atoms with Gasteiger partial charge in [0, 0.05) is 11.1 Å². The highest BCUT2D eigenvalue weighted by molar-refractivity contribution is 6.38. The third kappa shape index (κ3) is 5.44. The van der Waals surface area contributed by atoms with E-state index in [1.165, 1.54) is 23.0 Å². The van der Waals surface area contributed by atoms with Crippen LogP contribution < -0.4 is 10.9 Å². The number of fused-ring (bicyclic) bond motifs is 1. The lowest BCUT2D eigenvalue weighted by atomic mass is 10.0. The van der Waals surface area contributed by atoms with Crippen LogP contribution in [0.5, 0.6) is 0 Å². The summed E-state index contributed by atoms with van der Waals surface area (Å²) in [6.07, 6.45) is 4.46. The standard InChI is InChI=1S/C18H23Cl2N3O2/c1-11(2)5-4-6-12(3)22-16(24)9-23-10-21-17-14(18(23)25)7-13(19)8-15(17)20/h7-8,10-12H,4-6,9H2,1-3H3,(H,22,24). The van der Waals surface area contributed by atoms with Crippen LogP contribution >= 0.6 is 23.2 Å². The van der Waals surface area contributed by atoms with Crippen molar-refractivity contribution in [2.24, 2.45) is 5.92 Å². The second-order valence-corrected chi connectivity index (χ2v) is 7.60. The Kier molecular flexibility index (Phi) is 6.85. The Labute approximate surface area is 157 Å². The molecule has 0 aliphatic carbocycles. The number of rotatable bonds is 7. The topological polar surface area (TPSA) is 64.0 Å². The molecular formula is C18H23Cl2N3O2. The maximum Gasteiger partial charge on any atom is 0.261 e. The van der Waals surface area contributed by atoms with Gasteiger partial charge in [0.25, 0.3) is 5.56 Å². The van der Waals surface area contributed by atoms with Crippen LogP contribution in [0.1, 0.15) is 40.0 Å². The molecule has 2 aromatic rings. The van der Waals surface area contributed by atoms with Crippen molar-refractivity contribution in [3.05, 3.63) is 38.9 Å². The predicted molar refractivity (Wildman–Crippen MR) is 102 cm³/mol. The molecule has 0 aliphatic rings. The van der Waals surface area contributed by atoms with E-state index < -0.39 is 0 Å². The third-order valence-corrected chi connectivity index (χ3v) is 4.49. The highest BCUT2D eigenvalue weighted by Crippen LogP contribution is 2.23. The fourth-order valence-electron chi connectivity index (χ4n) is 2.69. The first-order valence-electron chi connectivity index (χ1n) is 8.41. The van der Waals surface area contributed by atoms with Gasteiger partial charge in [-0.25, -0.2) is 4.98 Å². The Morgan fingerprint density at radius 2 is 1.96 bits per heavy atom. The Balaban J connectivity index is 2.06. The first-order chi connectivity index (χ1) is 11.8. The molecule has 25 heavy (non-hydrogen) atoms. The summed E-state index contributed by atoms with van der Waals surface area (Å²) in [5.74, 6) is 0.442. The highest BCUT2D eigenvalue weighted by Gasteiger charge is 2.13. The zero-order chi connectivity index (χ0) is 18.6. The van der Waals surface area contributed by atoms with Crippen molar-refractivity contribution in [3.63, 3.8) is 0 Å². The van der Waals surface area contributed by atoms with E-state index in [4.69, 9.17) is 23.2 Å². The summed E-state index contributed by atoms with van der Waals surface area (Å²) in [5, 5.41) is 3.90. The number of carbonyl (C=O) groups excluding carboxylic acids is 1. The largest absolute Gasteiger partial charge is 0.352 e. The fraction of sp³-hybridized carbons (Fsp3) is 0.500. The van der Waals surface area contributed by atoms with Crippen LogP contribution in [0.3, 0.4) is 0 Å². The summed E-state index contributed by atoms with van der Waals surface area (Å²) >= 11 is 12.0. The first kappa shape index (κ1) is 19.7. The van der Waals surface area contributed by atoms with E-state index in [1.807, 2.05) is 6.92 Å². The molecule has 0 bridgehead atoms. The van der Waals surface area contributed by atoms with Gasteiger partial charge in [-0.1, -0.05) is 49.9 Å². The molecule has 0 saturated heterocycles. The Morgan fingerprint density at radius 1 is 1.24 bits per heavy atom. The van der Waals surface area contributed by atoms with Gasteiger partial charge < -0.3 is 5.32 Å². The molecule has 1 aromatic carbocycles. The van der Waals surface area contributed by atoms with Gasteiger partial charge in [-0.3, -0.25) is 14.2 Å². The first-order valence-corrected chi connectivity index (χ1v) is 9.17. The zero-order valence-corrected chi connectivity index (χ0v) is 16.2. The third-order valence-electron chi connectivity index (χ3n) is 3.99. The molecule has 1 unspecified atom stereocenters. The van der Waals surface area contributed by atoms with Gasteiger partial charge >= 0.3 is 0 Å². The van der Waals surface area contributed by atoms with Crippen LogP contribution in [0.15, 0.2) is 23.3 Å². The number of nitrogens with zero attached hydrogens (tertiary/aromatic N) is 2. The van der Waals surface area contributed by atoms with Crippen molar-refractivity contribution in [2.75, 3.05) is 0 Å². The Bertz CT molecular complexity index is 818. The van der Waals surface area contributed by atoms with Crippen LogP contribution in [0, 0.1) is 5.92 Å². The van der Waals surface area contributed by atoms with Crippen LogP contribution in [0.2, 0.25) is 10.0 Å². The molecule has 0 radical (unpaired) electrons. The van der Waals surface area contributed by atoms with E-state index in [1.54, 1.807) is 0 Å². The number of nitrogens with one attached hydrogen (secondary N) is 1. The number of amides is 1. The molecule has 0 fully saturated rings. The lowest BCUT2D eigenvalue weighted by Crippen LogP contribution is -2.37. The van der Waals surface area contributed by atoms with E-state index in [9.17, 15) is 9.59 Å². The smallest absolute Gasteiger partial charge is 0.261 e. The predicted octanol–water partition coefficient (Wildman–Crippen LogP) is 4.03. The highest BCUT2D eigenvalue weighted by atomic mass is 35.5. The number of hydrogen-bond acceptors (Lipinski definition) is 3. The molecule has 0 aliphatic heterocycles. The molecule has 1 heterocycles. The van der Waals surface area contributed by atoms with Gasteiger partial charge in [0.1, 0.15) is 6.54 Å².